The van der Waals surface area contributed by atoms with Crippen molar-refractivity contribution in [1.29, 1.82) is 0 Å². The number of anilines is 1. The number of nitrogens with zero attached hydrogens (tertiary/aromatic N) is 4. The summed E-state index contributed by atoms with van der Waals surface area (Å²) in [7, 11) is 0. The highest BCUT2D eigenvalue weighted by molar-refractivity contribution is 5.85. The van der Waals surface area contributed by atoms with E-state index in [0.717, 1.165) is 49.6 Å². The Morgan fingerprint density at radius 2 is 1.57 bits per heavy atom. The van der Waals surface area contributed by atoms with Crippen LogP contribution in [0.4, 0.5) is 5.95 Å². The first-order chi connectivity index (χ1) is 9.72. The zero-order chi connectivity index (χ0) is 13.9. The van der Waals surface area contributed by atoms with Crippen molar-refractivity contribution in [3.63, 3.8) is 0 Å². The van der Waals surface area contributed by atoms with E-state index in [1.54, 1.807) is 0 Å². The summed E-state index contributed by atoms with van der Waals surface area (Å²) in [5.41, 5.74) is 2.13. The first-order valence-electron chi connectivity index (χ1n) is 7.74. The van der Waals surface area contributed by atoms with Crippen LogP contribution >= 0.6 is 12.4 Å². The quantitative estimate of drug-likeness (QED) is 0.894. The lowest BCUT2D eigenvalue weighted by Gasteiger charge is -2.40. The Balaban J connectivity index is 0.00000161. The molecule has 0 bridgehead atoms. The van der Waals surface area contributed by atoms with E-state index in [-0.39, 0.29) is 12.4 Å². The first kappa shape index (κ1) is 16.5. The topological polar surface area (TPSA) is 44.3 Å². The number of piperazine rings is 1. The Morgan fingerprint density at radius 3 is 2.14 bits per heavy atom. The minimum absolute atomic E-state index is 0. The van der Waals surface area contributed by atoms with Crippen molar-refractivity contribution in [2.24, 2.45) is 0 Å². The molecule has 0 aliphatic carbocycles. The molecule has 0 radical (unpaired) electrons. The second-order valence-electron chi connectivity index (χ2n) is 5.95. The molecule has 0 atom stereocenters. The van der Waals surface area contributed by atoms with Crippen LogP contribution in [0.15, 0.2) is 6.07 Å². The van der Waals surface area contributed by atoms with E-state index in [9.17, 15) is 0 Å². The molecule has 118 valence electrons. The molecule has 2 fully saturated rings. The van der Waals surface area contributed by atoms with Crippen molar-refractivity contribution in [1.82, 2.24) is 20.2 Å². The molecule has 21 heavy (non-hydrogen) atoms. The summed E-state index contributed by atoms with van der Waals surface area (Å²) in [5, 5.41) is 3.43. The largest absolute Gasteiger partial charge is 0.341 e. The van der Waals surface area contributed by atoms with E-state index in [1.807, 2.05) is 19.9 Å². The molecule has 3 rings (SSSR count). The summed E-state index contributed by atoms with van der Waals surface area (Å²) in [6.07, 6.45) is 2.46. The summed E-state index contributed by atoms with van der Waals surface area (Å²) >= 11 is 0. The van der Waals surface area contributed by atoms with Crippen molar-refractivity contribution >= 4 is 18.4 Å². The van der Waals surface area contributed by atoms with Gasteiger partial charge in [-0.3, -0.25) is 4.90 Å². The van der Waals surface area contributed by atoms with E-state index in [4.69, 9.17) is 0 Å². The van der Waals surface area contributed by atoms with Crippen molar-refractivity contribution in [2.75, 3.05) is 44.2 Å². The Bertz CT molecular complexity index is 433. The summed E-state index contributed by atoms with van der Waals surface area (Å²) in [5.74, 6) is 0.918. The Morgan fingerprint density at radius 1 is 1.00 bits per heavy atom. The lowest BCUT2D eigenvalue weighted by atomic mass is 10.0. The average Bonchev–Trinajstić information content (AvgIpc) is 2.47. The van der Waals surface area contributed by atoms with Gasteiger partial charge in [-0.25, -0.2) is 9.97 Å². The van der Waals surface area contributed by atoms with Crippen LogP contribution in [0, 0.1) is 13.8 Å². The average molecular weight is 312 g/mol. The normalized spacial score (nSPS) is 21.1. The molecule has 0 amide bonds. The molecular formula is C15H26ClN5. The van der Waals surface area contributed by atoms with Gasteiger partial charge in [-0.05, 0) is 32.8 Å². The van der Waals surface area contributed by atoms with Gasteiger partial charge < -0.3 is 10.2 Å². The standard InChI is InChI=1S/C15H25N5.ClH/c1-12-11-13(2)18-15(17-12)20-7-3-14(4-8-20)19-9-5-16-6-10-19;/h11,14,16H,3-10H2,1-2H3;1H. The molecule has 5 nitrogen and oxygen atoms in total. The molecule has 2 aliphatic heterocycles. The SMILES string of the molecule is Cc1cc(C)nc(N2CCC(N3CCNCC3)CC2)n1.Cl. The number of nitrogens with one attached hydrogen (secondary N) is 1. The fourth-order valence-corrected chi connectivity index (χ4v) is 3.33. The molecule has 6 heteroatoms. The van der Waals surface area contributed by atoms with Crippen LogP contribution in [0.2, 0.25) is 0 Å². The van der Waals surface area contributed by atoms with E-state index >= 15 is 0 Å². The zero-order valence-corrected chi connectivity index (χ0v) is 13.8. The van der Waals surface area contributed by atoms with Crippen molar-refractivity contribution in [3.8, 4) is 0 Å². The smallest absolute Gasteiger partial charge is 0.225 e. The van der Waals surface area contributed by atoms with E-state index < -0.39 is 0 Å². The second kappa shape index (κ2) is 7.38. The zero-order valence-electron chi connectivity index (χ0n) is 13.0. The number of aromatic nitrogens is 2. The number of halogens is 1. The van der Waals surface area contributed by atoms with Gasteiger partial charge in [0.05, 0.1) is 0 Å². The van der Waals surface area contributed by atoms with E-state index in [0.29, 0.717) is 0 Å². The molecule has 0 spiro atoms. The molecule has 0 saturated carbocycles. The number of rotatable bonds is 2. The predicted molar refractivity (Wildman–Crippen MR) is 88.4 cm³/mol. The monoisotopic (exact) mass is 311 g/mol. The third-order valence-electron chi connectivity index (χ3n) is 4.39. The van der Waals surface area contributed by atoms with Crippen molar-refractivity contribution in [3.05, 3.63) is 17.5 Å². The van der Waals surface area contributed by atoms with Gasteiger partial charge in [0.1, 0.15) is 0 Å². The molecule has 1 N–H and O–H groups in total. The van der Waals surface area contributed by atoms with Crippen LogP contribution < -0.4 is 10.2 Å². The maximum absolute atomic E-state index is 4.59. The Hall–Kier alpha value is -0.910. The van der Waals surface area contributed by atoms with Crippen LogP contribution in [0.3, 0.4) is 0 Å². The van der Waals surface area contributed by atoms with Crippen molar-refractivity contribution < 1.29 is 0 Å². The van der Waals surface area contributed by atoms with Gasteiger partial charge in [0, 0.05) is 56.7 Å². The summed E-state index contributed by atoms with van der Waals surface area (Å²) in [4.78, 5) is 14.2. The van der Waals surface area contributed by atoms with Gasteiger partial charge in [-0.15, -0.1) is 12.4 Å². The van der Waals surface area contributed by atoms with Crippen LogP contribution in [-0.4, -0.2) is 60.2 Å². The number of aryl methyl sites for hydroxylation is 2. The second-order valence-corrected chi connectivity index (χ2v) is 5.95. The summed E-state index contributed by atoms with van der Waals surface area (Å²) in [6, 6.07) is 2.79. The van der Waals surface area contributed by atoms with E-state index in [2.05, 4.69) is 25.1 Å². The first-order valence-corrected chi connectivity index (χ1v) is 7.74. The van der Waals surface area contributed by atoms with Gasteiger partial charge in [0.2, 0.25) is 5.95 Å². The third kappa shape index (κ3) is 4.05. The van der Waals surface area contributed by atoms with Gasteiger partial charge in [0.15, 0.2) is 0 Å². The minimum atomic E-state index is 0. The van der Waals surface area contributed by atoms with E-state index in [1.165, 1.54) is 25.9 Å². The Kier molecular flexibility index (Phi) is 5.79. The number of piperidine rings is 1. The third-order valence-corrected chi connectivity index (χ3v) is 4.39. The molecule has 0 aromatic carbocycles. The molecule has 0 unspecified atom stereocenters. The predicted octanol–water partition coefficient (Wildman–Crippen LogP) is 1.39. The van der Waals surface area contributed by atoms with Gasteiger partial charge in [0.25, 0.3) is 0 Å². The molecule has 2 aliphatic rings. The van der Waals surface area contributed by atoms with Gasteiger partial charge in [-0.1, -0.05) is 0 Å². The summed E-state index contributed by atoms with van der Waals surface area (Å²) in [6.45, 7) is 10.9. The maximum Gasteiger partial charge on any atom is 0.225 e. The van der Waals surface area contributed by atoms with Crippen LogP contribution in [0.5, 0.6) is 0 Å². The van der Waals surface area contributed by atoms with Crippen LogP contribution in [0.1, 0.15) is 24.2 Å². The summed E-state index contributed by atoms with van der Waals surface area (Å²) < 4.78 is 0. The molecular weight excluding hydrogens is 286 g/mol. The highest BCUT2D eigenvalue weighted by Gasteiger charge is 2.26. The minimum Gasteiger partial charge on any atom is -0.341 e. The highest BCUT2D eigenvalue weighted by Crippen LogP contribution is 2.20. The Labute approximate surface area is 133 Å². The molecule has 1 aromatic rings. The molecule has 3 heterocycles. The molecule has 2 saturated heterocycles. The number of hydrogen-bond acceptors (Lipinski definition) is 5. The highest BCUT2D eigenvalue weighted by atomic mass is 35.5. The van der Waals surface area contributed by atoms with Gasteiger partial charge >= 0.3 is 0 Å². The van der Waals surface area contributed by atoms with Crippen LogP contribution in [0.25, 0.3) is 0 Å². The fraction of sp³-hybridized carbons (Fsp3) is 0.733. The lowest BCUT2D eigenvalue weighted by Crippen LogP contribution is -2.52. The maximum atomic E-state index is 4.59. The van der Waals surface area contributed by atoms with Crippen LogP contribution in [-0.2, 0) is 0 Å². The molecule has 1 aromatic heterocycles. The van der Waals surface area contributed by atoms with Gasteiger partial charge in [-0.2, -0.15) is 0 Å². The van der Waals surface area contributed by atoms with Crippen molar-refractivity contribution in [2.45, 2.75) is 32.7 Å². The fourth-order valence-electron chi connectivity index (χ4n) is 3.33. The number of hydrogen-bond donors (Lipinski definition) is 1. The lowest BCUT2D eigenvalue weighted by molar-refractivity contribution is 0.149.